The highest BCUT2D eigenvalue weighted by atomic mass is 35.5. The normalized spacial score (nSPS) is 19.2. The number of nitro benzene ring substituents is 1. The molecule has 6 heteroatoms. The molecule has 0 radical (unpaired) electrons. The maximum absolute atomic E-state index is 10.8. The largest absolute Gasteiger partial charge is 0.491 e. The molecule has 0 unspecified atom stereocenters. The van der Waals surface area contributed by atoms with Crippen molar-refractivity contribution >= 4 is 17.3 Å². The first-order chi connectivity index (χ1) is 7.11. The van der Waals surface area contributed by atoms with Crippen molar-refractivity contribution in [3.63, 3.8) is 0 Å². The smallest absolute Gasteiger partial charge is 0.278 e. The molecule has 0 saturated carbocycles. The average molecular weight is 229 g/mol. The summed E-state index contributed by atoms with van der Waals surface area (Å²) in [4.78, 5) is 10.3. The van der Waals surface area contributed by atoms with E-state index in [0.717, 1.165) is 0 Å². The van der Waals surface area contributed by atoms with Crippen LogP contribution in [0.1, 0.15) is 18.0 Å². The average Bonchev–Trinajstić information content (AvgIpc) is 2.19. The van der Waals surface area contributed by atoms with Crippen molar-refractivity contribution in [2.24, 2.45) is 5.73 Å². The zero-order valence-electron chi connectivity index (χ0n) is 7.77. The summed E-state index contributed by atoms with van der Waals surface area (Å²) >= 11 is 5.88. The summed E-state index contributed by atoms with van der Waals surface area (Å²) < 4.78 is 5.30. The van der Waals surface area contributed by atoms with E-state index in [1.807, 2.05) is 0 Å². The van der Waals surface area contributed by atoms with Gasteiger partial charge in [0.1, 0.15) is 5.75 Å². The summed E-state index contributed by atoms with van der Waals surface area (Å²) in [5, 5.41) is 11.1. The third-order valence-electron chi connectivity index (χ3n) is 2.37. The Bertz CT molecular complexity index is 422. The van der Waals surface area contributed by atoms with E-state index in [0.29, 0.717) is 29.4 Å². The van der Waals surface area contributed by atoms with E-state index in [9.17, 15) is 10.1 Å². The fraction of sp³-hybridized carbons (Fsp3) is 0.333. The van der Waals surface area contributed by atoms with Crippen LogP contribution in [0.5, 0.6) is 5.75 Å². The van der Waals surface area contributed by atoms with E-state index < -0.39 is 4.92 Å². The molecule has 0 aliphatic carbocycles. The lowest BCUT2D eigenvalue weighted by Gasteiger charge is -2.23. The monoisotopic (exact) mass is 228 g/mol. The third kappa shape index (κ3) is 1.64. The van der Waals surface area contributed by atoms with Gasteiger partial charge in [0.25, 0.3) is 5.69 Å². The lowest BCUT2D eigenvalue weighted by atomic mass is 9.99. The number of halogens is 1. The van der Waals surface area contributed by atoms with Crippen LogP contribution in [0.15, 0.2) is 12.1 Å². The summed E-state index contributed by atoms with van der Waals surface area (Å²) in [6.45, 7) is 0.440. The van der Waals surface area contributed by atoms with Gasteiger partial charge in [-0.3, -0.25) is 10.1 Å². The number of hydrogen-bond acceptors (Lipinski definition) is 4. The molecule has 0 spiro atoms. The van der Waals surface area contributed by atoms with Crippen LogP contribution in [0.4, 0.5) is 5.69 Å². The van der Waals surface area contributed by atoms with Crippen LogP contribution in [0.3, 0.4) is 0 Å². The van der Waals surface area contributed by atoms with Crippen LogP contribution in [0, 0.1) is 10.1 Å². The van der Waals surface area contributed by atoms with Gasteiger partial charge in [0, 0.05) is 18.5 Å². The molecule has 0 bridgehead atoms. The number of hydrogen-bond donors (Lipinski definition) is 1. The van der Waals surface area contributed by atoms with Crippen molar-refractivity contribution in [2.45, 2.75) is 12.5 Å². The summed E-state index contributed by atoms with van der Waals surface area (Å²) in [6.07, 6.45) is 0.564. The first-order valence-corrected chi connectivity index (χ1v) is 4.84. The second-order valence-corrected chi connectivity index (χ2v) is 3.72. The quantitative estimate of drug-likeness (QED) is 0.589. The number of ether oxygens (including phenoxy) is 1. The summed E-state index contributed by atoms with van der Waals surface area (Å²) in [5.74, 6) is 0.351. The molecule has 0 aromatic heterocycles. The van der Waals surface area contributed by atoms with Gasteiger partial charge < -0.3 is 10.5 Å². The van der Waals surface area contributed by atoms with Crippen molar-refractivity contribution in [2.75, 3.05) is 6.61 Å². The minimum Gasteiger partial charge on any atom is -0.491 e. The van der Waals surface area contributed by atoms with Gasteiger partial charge in [-0.2, -0.15) is 0 Å². The lowest BCUT2D eigenvalue weighted by Crippen LogP contribution is -2.22. The summed E-state index contributed by atoms with van der Waals surface area (Å²) in [5.41, 5.74) is 6.19. The fourth-order valence-electron chi connectivity index (χ4n) is 1.66. The molecule has 0 fully saturated rings. The van der Waals surface area contributed by atoms with Crippen LogP contribution < -0.4 is 10.5 Å². The van der Waals surface area contributed by atoms with E-state index in [2.05, 4.69) is 0 Å². The van der Waals surface area contributed by atoms with Gasteiger partial charge in [-0.25, -0.2) is 0 Å². The molecule has 1 aromatic rings. The molecule has 0 amide bonds. The van der Waals surface area contributed by atoms with Gasteiger partial charge in [-0.05, 0) is 6.07 Å². The minimum atomic E-state index is -0.469. The molecule has 1 aliphatic heterocycles. The highest BCUT2D eigenvalue weighted by Crippen LogP contribution is 2.42. The zero-order valence-corrected chi connectivity index (χ0v) is 8.53. The molecule has 5 nitrogen and oxygen atoms in total. The van der Waals surface area contributed by atoms with E-state index in [-0.39, 0.29) is 11.7 Å². The van der Waals surface area contributed by atoms with Crippen LogP contribution in [0.2, 0.25) is 5.02 Å². The highest BCUT2D eigenvalue weighted by molar-refractivity contribution is 6.32. The fourth-order valence-corrected chi connectivity index (χ4v) is 1.88. The number of nitrogens with two attached hydrogens (primary N) is 1. The van der Waals surface area contributed by atoms with Gasteiger partial charge in [-0.1, -0.05) is 11.6 Å². The molecule has 2 rings (SSSR count). The Labute approximate surface area is 90.9 Å². The topological polar surface area (TPSA) is 78.4 Å². The van der Waals surface area contributed by atoms with Crippen molar-refractivity contribution in [3.05, 3.63) is 32.8 Å². The molecule has 0 saturated heterocycles. The molecular weight excluding hydrogens is 220 g/mol. The predicted octanol–water partition coefficient (Wildman–Crippen LogP) is 2.03. The van der Waals surface area contributed by atoms with Crippen LogP contribution >= 0.6 is 11.6 Å². The molecule has 1 heterocycles. The Balaban J connectivity index is 2.65. The van der Waals surface area contributed by atoms with Crippen molar-refractivity contribution in [3.8, 4) is 5.75 Å². The van der Waals surface area contributed by atoms with Crippen molar-refractivity contribution in [1.29, 1.82) is 0 Å². The Kier molecular flexibility index (Phi) is 2.50. The summed E-state index contributed by atoms with van der Waals surface area (Å²) in [7, 11) is 0. The van der Waals surface area contributed by atoms with Crippen molar-refractivity contribution in [1.82, 2.24) is 0 Å². The maximum Gasteiger partial charge on any atom is 0.278 e. The highest BCUT2D eigenvalue weighted by Gasteiger charge is 2.29. The molecule has 1 atom stereocenters. The van der Waals surface area contributed by atoms with Gasteiger partial charge in [0.2, 0.25) is 0 Å². The summed E-state index contributed by atoms with van der Waals surface area (Å²) in [6, 6.07) is 2.43. The van der Waals surface area contributed by atoms with Gasteiger partial charge in [0.05, 0.1) is 22.1 Å². The number of nitro groups is 1. The van der Waals surface area contributed by atoms with E-state index in [1.54, 1.807) is 0 Å². The second kappa shape index (κ2) is 3.67. The molecule has 80 valence electrons. The van der Waals surface area contributed by atoms with Crippen LogP contribution in [-0.4, -0.2) is 11.5 Å². The Morgan fingerprint density at radius 3 is 3.00 bits per heavy atom. The van der Waals surface area contributed by atoms with E-state index in [1.165, 1.54) is 12.1 Å². The van der Waals surface area contributed by atoms with E-state index >= 15 is 0 Å². The van der Waals surface area contributed by atoms with Crippen LogP contribution in [-0.2, 0) is 0 Å². The second-order valence-electron chi connectivity index (χ2n) is 3.31. The number of nitrogens with zero attached hydrogens (tertiary/aromatic N) is 1. The molecule has 1 aromatic carbocycles. The maximum atomic E-state index is 10.8. The Morgan fingerprint density at radius 1 is 1.60 bits per heavy atom. The minimum absolute atomic E-state index is 0.0263. The van der Waals surface area contributed by atoms with Crippen molar-refractivity contribution < 1.29 is 9.66 Å². The first-order valence-electron chi connectivity index (χ1n) is 4.46. The lowest BCUT2D eigenvalue weighted by molar-refractivity contribution is -0.385. The molecule has 15 heavy (non-hydrogen) atoms. The zero-order chi connectivity index (χ0) is 11.0. The standard InChI is InChI=1S/C9H9ClN2O3/c10-5-1-2-7(12(13)14)8-6(11)3-4-15-9(5)8/h1-2,6H,3-4,11H2/t6-/m0/s1. The SMILES string of the molecule is N[C@H]1CCOc2c(Cl)ccc([N+](=O)[O-])c21. The van der Waals surface area contributed by atoms with Gasteiger partial charge >= 0.3 is 0 Å². The number of benzene rings is 1. The molecule has 2 N–H and O–H groups in total. The Morgan fingerprint density at radius 2 is 2.33 bits per heavy atom. The third-order valence-corrected chi connectivity index (χ3v) is 2.67. The van der Waals surface area contributed by atoms with Gasteiger partial charge in [-0.15, -0.1) is 0 Å². The number of rotatable bonds is 1. The molecular formula is C9H9ClN2O3. The van der Waals surface area contributed by atoms with Crippen LogP contribution in [0.25, 0.3) is 0 Å². The number of fused-ring (bicyclic) bond motifs is 1. The first kappa shape index (κ1) is 10.2. The predicted molar refractivity (Wildman–Crippen MR) is 55.1 cm³/mol. The molecule has 1 aliphatic rings. The van der Waals surface area contributed by atoms with E-state index in [4.69, 9.17) is 22.1 Å². The Hall–Kier alpha value is -1.33. The van der Waals surface area contributed by atoms with Gasteiger partial charge in [0.15, 0.2) is 0 Å².